The van der Waals surface area contributed by atoms with E-state index in [9.17, 15) is 23.2 Å². The van der Waals surface area contributed by atoms with Crippen LogP contribution in [-0.2, 0) is 20.9 Å². The number of carbonyl (C=O) groups excluding carboxylic acids is 3. The van der Waals surface area contributed by atoms with Gasteiger partial charge in [-0.25, -0.2) is 8.78 Å². The summed E-state index contributed by atoms with van der Waals surface area (Å²) >= 11 is 0. The monoisotopic (exact) mass is 391 g/mol. The predicted octanol–water partition coefficient (Wildman–Crippen LogP) is 1.39. The molecule has 2 atom stereocenters. The van der Waals surface area contributed by atoms with E-state index in [2.05, 4.69) is 0 Å². The lowest BCUT2D eigenvalue weighted by Gasteiger charge is -2.22. The van der Waals surface area contributed by atoms with Crippen LogP contribution in [0.4, 0.5) is 8.78 Å². The Morgan fingerprint density at radius 1 is 1.00 bits per heavy atom. The highest BCUT2D eigenvalue weighted by Crippen LogP contribution is 2.34. The topological polar surface area (TPSA) is 60.9 Å². The molecular weight excluding hydrogens is 368 g/mol. The number of imide groups is 1. The lowest BCUT2D eigenvalue weighted by atomic mass is 10.00. The lowest BCUT2D eigenvalue weighted by Crippen LogP contribution is -2.38. The molecular formula is C20H23F2N3O3. The van der Waals surface area contributed by atoms with Crippen LogP contribution in [-0.4, -0.2) is 65.1 Å². The third kappa shape index (κ3) is 3.53. The molecule has 0 bridgehead atoms. The van der Waals surface area contributed by atoms with Gasteiger partial charge in [-0.3, -0.25) is 24.2 Å². The van der Waals surface area contributed by atoms with Crippen LogP contribution in [0.25, 0.3) is 0 Å². The number of carbonyl (C=O) groups is 3. The number of hydrogen-bond acceptors (Lipinski definition) is 4. The predicted molar refractivity (Wildman–Crippen MR) is 95.8 cm³/mol. The number of nitrogens with zero attached hydrogens (tertiary/aromatic N) is 3. The normalized spacial score (nSPS) is 25.3. The van der Waals surface area contributed by atoms with Gasteiger partial charge in [0.1, 0.15) is 11.6 Å². The van der Waals surface area contributed by atoms with Crippen LogP contribution in [0.2, 0.25) is 0 Å². The average molecular weight is 391 g/mol. The van der Waals surface area contributed by atoms with E-state index in [0.717, 1.165) is 31.2 Å². The fourth-order valence-electron chi connectivity index (χ4n) is 4.51. The fraction of sp³-hybridized carbons (Fsp3) is 0.550. The van der Waals surface area contributed by atoms with Gasteiger partial charge in [0.05, 0.1) is 11.8 Å². The van der Waals surface area contributed by atoms with Crippen LogP contribution in [0.3, 0.4) is 0 Å². The van der Waals surface area contributed by atoms with E-state index in [-0.39, 0.29) is 29.8 Å². The second-order valence-electron chi connectivity index (χ2n) is 7.81. The van der Waals surface area contributed by atoms with Crippen LogP contribution < -0.4 is 0 Å². The first-order valence-corrected chi connectivity index (χ1v) is 9.73. The highest BCUT2D eigenvalue weighted by Gasteiger charge is 2.51. The summed E-state index contributed by atoms with van der Waals surface area (Å²) in [6, 6.07) is 3.31. The van der Waals surface area contributed by atoms with Gasteiger partial charge in [0.15, 0.2) is 0 Å². The van der Waals surface area contributed by atoms with Gasteiger partial charge in [0.25, 0.3) is 0 Å². The number of rotatable bonds is 6. The number of likely N-dealkylation sites (tertiary alicyclic amines) is 3. The summed E-state index contributed by atoms with van der Waals surface area (Å²) in [4.78, 5) is 41.9. The van der Waals surface area contributed by atoms with Crippen molar-refractivity contribution in [3.05, 3.63) is 35.4 Å². The molecule has 0 spiro atoms. The Kier molecular flexibility index (Phi) is 5.14. The maximum atomic E-state index is 13.9. The SMILES string of the molecule is O=C1CCCN1CCCN1C(=O)C2CN(Cc3cc(F)ccc3F)CC2C1=O. The van der Waals surface area contributed by atoms with Crippen molar-refractivity contribution in [1.82, 2.24) is 14.7 Å². The van der Waals surface area contributed by atoms with Crippen molar-refractivity contribution in [2.75, 3.05) is 32.7 Å². The van der Waals surface area contributed by atoms with Crippen LogP contribution in [0, 0.1) is 23.5 Å². The zero-order valence-corrected chi connectivity index (χ0v) is 15.6. The molecule has 0 aromatic heterocycles. The minimum absolute atomic E-state index is 0.135. The second-order valence-corrected chi connectivity index (χ2v) is 7.81. The molecule has 3 amide bonds. The Morgan fingerprint density at radius 3 is 2.36 bits per heavy atom. The Morgan fingerprint density at radius 2 is 1.71 bits per heavy atom. The quantitative estimate of drug-likeness (QED) is 0.688. The third-order valence-electron chi connectivity index (χ3n) is 5.94. The molecule has 150 valence electrons. The van der Waals surface area contributed by atoms with Crippen LogP contribution in [0.15, 0.2) is 18.2 Å². The van der Waals surface area contributed by atoms with Gasteiger partial charge in [0, 0.05) is 51.3 Å². The maximum absolute atomic E-state index is 13.9. The Bertz CT molecular complexity index is 792. The molecule has 0 N–H and O–H groups in total. The van der Waals surface area contributed by atoms with Crippen molar-refractivity contribution in [1.29, 1.82) is 0 Å². The fourth-order valence-corrected chi connectivity index (χ4v) is 4.51. The van der Waals surface area contributed by atoms with Gasteiger partial charge in [0.2, 0.25) is 17.7 Å². The first kappa shape index (κ1) is 19.0. The molecule has 3 heterocycles. The van der Waals surface area contributed by atoms with Crippen molar-refractivity contribution >= 4 is 17.7 Å². The molecule has 28 heavy (non-hydrogen) atoms. The first-order chi connectivity index (χ1) is 13.4. The van der Waals surface area contributed by atoms with Crippen LogP contribution in [0.1, 0.15) is 24.8 Å². The molecule has 8 heteroatoms. The molecule has 0 radical (unpaired) electrons. The average Bonchev–Trinajstić information content (AvgIpc) is 3.32. The number of benzene rings is 1. The largest absolute Gasteiger partial charge is 0.343 e. The number of hydrogen-bond donors (Lipinski definition) is 0. The molecule has 3 aliphatic rings. The van der Waals surface area contributed by atoms with Gasteiger partial charge >= 0.3 is 0 Å². The summed E-state index contributed by atoms with van der Waals surface area (Å²) in [5, 5.41) is 0. The summed E-state index contributed by atoms with van der Waals surface area (Å²) in [6.45, 7) is 2.55. The molecule has 3 fully saturated rings. The summed E-state index contributed by atoms with van der Waals surface area (Å²) in [6.07, 6.45) is 2.03. The molecule has 4 rings (SSSR count). The number of fused-ring (bicyclic) bond motifs is 1. The highest BCUT2D eigenvalue weighted by atomic mass is 19.1. The Hall–Kier alpha value is -2.35. The first-order valence-electron chi connectivity index (χ1n) is 9.73. The lowest BCUT2D eigenvalue weighted by molar-refractivity contribution is -0.140. The van der Waals surface area contributed by atoms with E-state index in [1.54, 1.807) is 4.90 Å². The molecule has 0 aliphatic carbocycles. The smallest absolute Gasteiger partial charge is 0.234 e. The standard InChI is InChI=1S/C20H23F2N3O3/c21-14-4-5-17(22)13(9-14)10-23-11-15-16(12-23)20(28)25(19(15)27)8-2-7-24-6-1-3-18(24)26/h4-5,9,15-16H,1-3,6-8,10-12H2. The zero-order chi connectivity index (χ0) is 19.8. The molecule has 1 aromatic carbocycles. The van der Waals surface area contributed by atoms with E-state index >= 15 is 0 Å². The van der Waals surface area contributed by atoms with Gasteiger partial charge in [-0.2, -0.15) is 0 Å². The molecule has 2 unspecified atom stereocenters. The molecule has 0 saturated carbocycles. The summed E-state index contributed by atoms with van der Waals surface area (Å²) < 4.78 is 27.2. The highest BCUT2D eigenvalue weighted by molar-refractivity contribution is 6.05. The van der Waals surface area contributed by atoms with Crippen molar-refractivity contribution in [3.8, 4) is 0 Å². The summed E-state index contributed by atoms with van der Waals surface area (Å²) in [5.41, 5.74) is 0.229. The van der Waals surface area contributed by atoms with Crippen molar-refractivity contribution in [2.45, 2.75) is 25.8 Å². The van der Waals surface area contributed by atoms with Crippen molar-refractivity contribution in [3.63, 3.8) is 0 Å². The summed E-state index contributed by atoms with van der Waals surface area (Å²) in [5.74, 6) is -2.08. The molecule has 1 aromatic rings. The van der Waals surface area contributed by atoms with E-state index in [4.69, 9.17) is 0 Å². The summed E-state index contributed by atoms with van der Waals surface area (Å²) in [7, 11) is 0. The van der Waals surface area contributed by atoms with Crippen molar-refractivity contribution in [2.24, 2.45) is 11.8 Å². The Labute approximate surface area is 162 Å². The number of amides is 3. The number of halogens is 2. The van der Waals surface area contributed by atoms with Crippen LogP contribution >= 0.6 is 0 Å². The molecule has 3 saturated heterocycles. The van der Waals surface area contributed by atoms with E-state index < -0.39 is 23.5 Å². The van der Waals surface area contributed by atoms with Crippen molar-refractivity contribution < 1.29 is 23.2 Å². The van der Waals surface area contributed by atoms with E-state index in [0.29, 0.717) is 39.0 Å². The molecule has 3 aliphatic heterocycles. The van der Waals surface area contributed by atoms with Gasteiger partial charge in [-0.15, -0.1) is 0 Å². The molecule has 6 nitrogen and oxygen atoms in total. The van der Waals surface area contributed by atoms with E-state index in [1.807, 2.05) is 4.90 Å². The van der Waals surface area contributed by atoms with Crippen LogP contribution in [0.5, 0.6) is 0 Å². The minimum Gasteiger partial charge on any atom is -0.343 e. The zero-order valence-electron chi connectivity index (χ0n) is 15.6. The van der Waals surface area contributed by atoms with Gasteiger partial charge in [-0.05, 0) is 31.0 Å². The second kappa shape index (κ2) is 7.58. The third-order valence-corrected chi connectivity index (χ3v) is 5.94. The Balaban J connectivity index is 1.32. The maximum Gasteiger partial charge on any atom is 0.234 e. The van der Waals surface area contributed by atoms with E-state index in [1.165, 1.54) is 4.90 Å². The van der Waals surface area contributed by atoms with Gasteiger partial charge < -0.3 is 4.90 Å². The minimum atomic E-state index is -0.509. The van der Waals surface area contributed by atoms with Gasteiger partial charge in [-0.1, -0.05) is 0 Å².